The van der Waals surface area contributed by atoms with Crippen molar-refractivity contribution in [1.82, 2.24) is 10.2 Å². The fourth-order valence-electron chi connectivity index (χ4n) is 1.40. The van der Waals surface area contributed by atoms with Crippen molar-refractivity contribution >= 4 is 16.6 Å². The van der Waals surface area contributed by atoms with Crippen molar-refractivity contribution in [2.45, 2.75) is 0 Å². The SMILES string of the molecule is [N-]=[N+]=NCC#Cc1[nH]nc2cc([N+](=O)[O-])ccc12. The maximum absolute atomic E-state index is 10.6. The highest BCUT2D eigenvalue weighted by Gasteiger charge is 2.09. The van der Waals surface area contributed by atoms with Crippen LogP contribution in [0.15, 0.2) is 23.3 Å². The number of rotatable bonds is 2. The predicted molar refractivity (Wildman–Crippen MR) is 63.6 cm³/mol. The van der Waals surface area contributed by atoms with Crippen LogP contribution in [0.25, 0.3) is 21.3 Å². The molecule has 0 spiro atoms. The number of nitro groups is 1. The molecule has 0 aliphatic carbocycles. The summed E-state index contributed by atoms with van der Waals surface area (Å²) in [4.78, 5) is 12.7. The average molecular weight is 242 g/mol. The van der Waals surface area contributed by atoms with Crippen LogP contribution < -0.4 is 0 Å². The molecule has 1 N–H and O–H groups in total. The number of hydrogen-bond acceptors (Lipinski definition) is 4. The topological polar surface area (TPSA) is 121 Å². The summed E-state index contributed by atoms with van der Waals surface area (Å²) in [6.07, 6.45) is 0. The van der Waals surface area contributed by atoms with Gasteiger partial charge in [0.15, 0.2) is 0 Å². The predicted octanol–water partition coefficient (Wildman–Crippen LogP) is 2.13. The second kappa shape index (κ2) is 4.86. The molecule has 1 heterocycles. The van der Waals surface area contributed by atoms with Crippen LogP contribution in [-0.2, 0) is 0 Å². The fourth-order valence-corrected chi connectivity index (χ4v) is 1.40. The van der Waals surface area contributed by atoms with Gasteiger partial charge in [0, 0.05) is 22.4 Å². The van der Waals surface area contributed by atoms with E-state index in [-0.39, 0.29) is 12.2 Å². The normalized spacial score (nSPS) is 9.33. The third-order valence-corrected chi connectivity index (χ3v) is 2.18. The van der Waals surface area contributed by atoms with Crippen LogP contribution in [0, 0.1) is 22.0 Å². The Labute approximate surface area is 100 Å². The van der Waals surface area contributed by atoms with Gasteiger partial charge in [-0.25, -0.2) is 0 Å². The lowest BCUT2D eigenvalue weighted by molar-refractivity contribution is -0.384. The lowest BCUT2D eigenvalue weighted by Gasteiger charge is -1.90. The number of azide groups is 1. The van der Waals surface area contributed by atoms with E-state index >= 15 is 0 Å². The molecule has 0 amide bonds. The average Bonchev–Trinajstić information content (AvgIpc) is 2.77. The van der Waals surface area contributed by atoms with Gasteiger partial charge in [0.1, 0.15) is 11.2 Å². The Bertz CT molecular complexity index is 717. The van der Waals surface area contributed by atoms with Gasteiger partial charge < -0.3 is 0 Å². The van der Waals surface area contributed by atoms with E-state index in [1.54, 1.807) is 6.07 Å². The highest BCUT2D eigenvalue weighted by molar-refractivity contribution is 5.85. The number of benzene rings is 1. The molecule has 88 valence electrons. The molecule has 0 atom stereocenters. The minimum Gasteiger partial charge on any atom is -0.269 e. The molecule has 0 saturated carbocycles. The number of fused-ring (bicyclic) bond motifs is 1. The quantitative estimate of drug-likeness (QED) is 0.217. The lowest BCUT2D eigenvalue weighted by Crippen LogP contribution is -1.86. The molecule has 18 heavy (non-hydrogen) atoms. The standard InChI is InChI=1S/C10H6N6O2/c11-15-12-5-1-2-9-8-4-3-7(16(17)18)6-10(8)14-13-9/h3-4,6H,5H2,(H,13,14). The van der Waals surface area contributed by atoms with Crippen LogP contribution in [0.5, 0.6) is 0 Å². The van der Waals surface area contributed by atoms with Gasteiger partial charge in [-0.05, 0) is 17.5 Å². The summed E-state index contributed by atoms with van der Waals surface area (Å²) in [6.45, 7) is 0.0595. The van der Waals surface area contributed by atoms with Crippen molar-refractivity contribution in [3.63, 3.8) is 0 Å². The van der Waals surface area contributed by atoms with Crippen molar-refractivity contribution < 1.29 is 4.92 Å². The lowest BCUT2D eigenvalue weighted by atomic mass is 10.2. The van der Waals surface area contributed by atoms with Crippen LogP contribution >= 0.6 is 0 Å². The maximum atomic E-state index is 10.6. The second-order valence-electron chi connectivity index (χ2n) is 3.25. The van der Waals surface area contributed by atoms with Crippen LogP contribution in [-0.4, -0.2) is 21.7 Å². The second-order valence-corrected chi connectivity index (χ2v) is 3.25. The molecule has 0 saturated heterocycles. The molecule has 0 radical (unpaired) electrons. The molecule has 2 rings (SSSR count). The smallest absolute Gasteiger partial charge is 0.269 e. The Hall–Kier alpha value is -3.04. The van der Waals surface area contributed by atoms with E-state index in [0.29, 0.717) is 16.6 Å². The van der Waals surface area contributed by atoms with Gasteiger partial charge in [-0.3, -0.25) is 15.2 Å². The minimum absolute atomic E-state index is 0.0254. The molecular formula is C10H6N6O2. The molecule has 0 aliphatic heterocycles. The molecule has 2 aromatic rings. The van der Waals surface area contributed by atoms with E-state index in [9.17, 15) is 10.1 Å². The molecule has 1 aromatic heterocycles. The number of nitrogens with zero attached hydrogens (tertiary/aromatic N) is 5. The van der Waals surface area contributed by atoms with Crippen molar-refractivity contribution in [2.75, 3.05) is 6.54 Å². The van der Waals surface area contributed by atoms with Gasteiger partial charge in [0.2, 0.25) is 0 Å². The van der Waals surface area contributed by atoms with Crippen LogP contribution in [0.1, 0.15) is 5.69 Å². The van der Waals surface area contributed by atoms with E-state index in [1.165, 1.54) is 12.1 Å². The molecule has 0 fully saturated rings. The van der Waals surface area contributed by atoms with Gasteiger partial charge in [-0.1, -0.05) is 11.0 Å². The largest absolute Gasteiger partial charge is 0.271 e. The molecule has 8 heteroatoms. The summed E-state index contributed by atoms with van der Waals surface area (Å²) in [6, 6.07) is 4.33. The summed E-state index contributed by atoms with van der Waals surface area (Å²) in [5.74, 6) is 5.39. The Balaban J connectivity index is 2.39. The molecule has 1 aromatic carbocycles. The van der Waals surface area contributed by atoms with E-state index in [4.69, 9.17) is 5.53 Å². The van der Waals surface area contributed by atoms with Crippen LogP contribution in [0.4, 0.5) is 5.69 Å². The Morgan fingerprint density at radius 1 is 1.61 bits per heavy atom. The van der Waals surface area contributed by atoms with E-state index in [0.717, 1.165) is 0 Å². The Morgan fingerprint density at radius 2 is 2.44 bits per heavy atom. The van der Waals surface area contributed by atoms with Crippen molar-refractivity contribution in [3.8, 4) is 11.8 Å². The highest BCUT2D eigenvalue weighted by Crippen LogP contribution is 2.20. The monoisotopic (exact) mass is 242 g/mol. The molecule has 0 aliphatic rings. The number of nitrogens with one attached hydrogen (secondary N) is 1. The van der Waals surface area contributed by atoms with Gasteiger partial charge in [-0.2, -0.15) is 5.10 Å². The first kappa shape index (κ1) is 11.4. The third kappa shape index (κ3) is 2.21. The van der Waals surface area contributed by atoms with Crippen molar-refractivity contribution in [1.29, 1.82) is 0 Å². The molecule has 0 bridgehead atoms. The number of aromatic amines is 1. The van der Waals surface area contributed by atoms with E-state index in [2.05, 4.69) is 32.1 Å². The first-order chi connectivity index (χ1) is 8.72. The van der Waals surface area contributed by atoms with Crippen molar-refractivity contribution in [2.24, 2.45) is 5.11 Å². The first-order valence-electron chi connectivity index (χ1n) is 4.84. The Morgan fingerprint density at radius 3 is 3.17 bits per heavy atom. The zero-order valence-electron chi connectivity index (χ0n) is 8.99. The number of aromatic nitrogens is 2. The number of nitro benzene ring substituents is 1. The zero-order chi connectivity index (χ0) is 13.0. The van der Waals surface area contributed by atoms with Gasteiger partial charge in [-0.15, -0.1) is 0 Å². The summed E-state index contributed by atoms with van der Waals surface area (Å²) >= 11 is 0. The number of H-pyrrole nitrogens is 1. The van der Waals surface area contributed by atoms with E-state index in [1.807, 2.05) is 0 Å². The molecule has 0 unspecified atom stereocenters. The minimum atomic E-state index is -0.485. The van der Waals surface area contributed by atoms with Crippen molar-refractivity contribution in [3.05, 3.63) is 44.5 Å². The summed E-state index contributed by atoms with van der Waals surface area (Å²) < 4.78 is 0. The highest BCUT2D eigenvalue weighted by atomic mass is 16.6. The van der Waals surface area contributed by atoms with Gasteiger partial charge in [0.05, 0.1) is 11.5 Å². The summed E-state index contributed by atoms with van der Waals surface area (Å²) in [5, 5.41) is 21.2. The van der Waals surface area contributed by atoms with Gasteiger partial charge >= 0.3 is 0 Å². The molecule has 8 nitrogen and oxygen atoms in total. The summed E-state index contributed by atoms with van der Waals surface area (Å²) in [5.41, 5.74) is 9.06. The zero-order valence-corrected chi connectivity index (χ0v) is 8.99. The van der Waals surface area contributed by atoms with E-state index < -0.39 is 4.92 Å². The Kier molecular flexibility index (Phi) is 3.09. The first-order valence-corrected chi connectivity index (χ1v) is 4.84. The van der Waals surface area contributed by atoms with Crippen LogP contribution in [0.3, 0.4) is 0 Å². The molecular weight excluding hydrogens is 236 g/mol. The van der Waals surface area contributed by atoms with Crippen LogP contribution in [0.2, 0.25) is 0 Å². The third-order valence-electron chi connectivity index (χ3n) is 2.18. The number of non-ortho nitro benzene ring substituents is 1. The van der Waals surface area contributed by atoms with Gasteiger partial charge in [0.25, 0.3) is 5.69 Å². The number of hydrogen-bond donors (Lipinski definition) is 1. The summed E-state index contributed by atoms with van der Waals surface area (Å²) in [7, 11) is 0. The maximum Gasteiger partial charge on any atom is 0.271 e. The fraction of sp³-hybridized carbons (Fsp3) is 0.100.